The van der Waals surface area contributed by atoms with Crippen LogP contribution in [0.3, 0.4) is 0 Å². The highest BCUT2D eigenvalue weighted by atomic mass is 16.3. The summed E-state index contributed by atoms with van der Waals surface area (Å²) in [4.78, 5) is 26.5. The zero-order chi connectivity index (χ0) is 15.7. The number of carbonyl (C=O) groups excluding carboxylic acids is 2. The van der Waals surface area contributed by atoms with Gasteiger partial charge in [0.25, 0.3) is 11.8 Å². The Kier molecular flexibility index (Phi) is 4.27. The maximum absolute atomic E-state index is 12.6. The number of hydrogen-bond acceptors (Lipinski definition) is 4. The summed E-state index contributed by atoms with van der Waals surface area (Å²) in [5.41, 5.74) is 0.874. The van der Waals surface area contributed by atoms with Crippen LogP contribution in [0.5, 0.6) is 0 Å². The molecule has 2 aliphatic rings. The van der Waals surface area contributed by atoms with Crippen molar-refractivity contribution in [3.05, 3.63) is 35.4 Å². The first kappa shape index (κ1) is 15.2. The van der Waals surface area contributed by atoms with Gasteiger partial charge in [0, 0.05) is 6.54 Å². The minimum Gasteiger partial charge on any atom is -0.391 e. The second kappa shape index (κ2) is 6.18. The quantitative estimate of drug-likeness (QED) is 0.807. The van der Waals surface area contributed by atoms with E-state index < -0.39 is 12.1 Å². The van der Waals surface area contributed by atoms with Crippen molar-refractivity contribution in [1.82, 2.24) is 10.2 Å². The Labute approximate surface area is 130 Å². The Bertz CT molecular complexity index is 546. The van der Waals surface area contributed by atoms with E-state index in [2.05, 4.69) is 5.32 Å². The maximum Gasteiger partial charge on any atom is 0.261 e. The lowest BCUT2D eigenvalue weighted by Crippen LogP contribution is -2.53. The van der Waals surface area contributed by atoms with Crippen molar-refractivity contribution in [3.8, 4) is 0 Å². The number of amides is 2. The first-order chi connectivity index (χ1) is 10.6. The van der Waals surface area contributed by atoms with Gasteiger partial charge in [0.2, 0.25) is 0 Å². The second-order valence-corrected chi connectivity index (χ2v) is 6.19. The zero-order valence-electron chi connectivity index (χ0n) is 12.8. The molecule has 2 amide bonds. The van der Waals surface area contributed by atoms with Crippen LogP contribution in [0.15, 0.2) is 24.3 Å². The molecule has 0 bridgehead atoms. The molecule has 1 fully saturated rings. The molecule has 0 radical (unpaired) electrons. The number of benzene rings is 1. The molecule has 1 aromatic carbocycles. The average Bonchev–Trinajstić information content (AvgIpc) is 3.14. The highest BCUT2D eigenvalue weighted by molar-refractivity contribution is 6.21. The summed E-state index contributed by atoms with van der Waals surface area (Å²) in [6, 6.07) is 6.35. The Hall–Kier alpha value is -1.72. The number of rotatable bonds is 5. The van der Waals surface area contributed by atoms with E-state index in [1.165, 1.54) is 4.90 Å². The largest absolute Gasteiger partial charge is 0.391 e. The molecule has 1 heterocycles. The molecule has 1 aliphatic heterocycles. The van der Waals surface area contributed by atoms with E-state index in [0.717, 1.165) is 25.7 Å². The third kappa shape index (κ3) is 2.44. The predicted molar refractivity (Wildman–Crippen MR) is 82.6 cm³/mol. The van der Waals surface area contributed by atoms with Crippen molar-refractivity contribution < 1.29 is 14.7 Å². The van der Waals surface area contributed by atoms with E-state index in [1.807, 2.05) is 0 Å². The highest BCUT2D eigenvalue weighted by Crippen LogP contribution is 2.33. The lowest BCUT2D eigenvalue weighted by Gasteiger charge is -2.33. The van der Waals surface area contributed by atoms with Crippen LogP contribution in [0.2, 0.25) is 0 Å². The van der Waals surface area contributed by atoms with Gasteiger partial charge in [-0.25, -0.2) is 0 Å². The van der Waals surface area contributed by atoms with Gasteiger partial charge in [-0.15, -0.1) is 0 Å². The monoisotopic (exact) mass is 302 g/mol. The summed E-state index contributed by atoms with van der Waals surface area (Å²) in [5, 5.41) is 13.7. The van der Waals surface area contributed by atoms with Crippen LogP contribution in [0, 0.1) is 5.92 Å². The van der Waals surface area contributed by atoms with E-state index in [-0.39, 0.29) is 17.7 Å². The highest BCUT2D eigenvalue weighted by Gasteiger charge is 2.44. The van der Waals surface area contributed by atoms with Crippen LogP contribution >= 0.6 is 0 Å². The molecule has 2 atom stereocenters. The Morgan fingerprint density at radius 2 is 1.73 bits per heavy atom. The third-order valence-corrected chi connectivity index (χ3v) is 4.85. The number of imide groups is 1. The Morgan fingerprint density at radius 1 is 1.18 bits per heavy atom. The minimum atomic E-state index is -0.669. The van der Waals surface area contributed by atoms with Gasteiger partial charge in [-0.3, -0.25) is 14.5 Å². The van der Waals surface area contributed by atoms with Crippen molar-refractivity contribution in [2.75, 3.05) is 13.6 Å². The van der Waals surface area contributed by atoms with Gasteiger partial charge in [-0.05, 0) is 37.9 Å². The first-order valence-corrected chi connectivity index (χ1v) is 7.94. The standard InChI is InChI=1S/C17H22N2O3/c1-18-10-14(15(20)11-6-2-3-7-11)19-16(21)12-8-4-5-9-13(12)17(19)22/h4-5,8-9,11,14-15,18,20H,2-3,6-7,10H2,1H3. The molecule has 118 valence electrons. The molecule has 0 saturated heterocycles. The average molecular weight is 302 g/mol. The Morgan fingerprint density at radius 3 is 2.23 bits per heavy atom. The molecule has 1 aromatic rings. The molecular formula is C17H22N2O3. The van der Waals surface area contributed by atoms with Crippen molar-refractivity contribution in [2.45, 2.75) is 37.8 Å². The van der Waals surface area contributed by atoms with Crippen molar-refractivity contribution >= 4 is 11.8 Å². The number of likely N-dealkylation sites (N-methyl/N-ethyl adjacent to an activating group) is 1. The van der Waals surface area contributed by atoms with E-state index in [4.69, 9.17) is 0 Å². The number of carbonyl (C=O) groups is 2. The van der Waals surface area contributed by atoms with Crippen molar-refractivity contribution in [1.29, 1.82) is 0 Å². The summed E-state index contributed by atoms with van der Waals surface area (Å²) in [6.07, 6.45) is 3.47. The van der Waals surface area contributed by atoms with Gasteiger partial charge in [0.1, 0.15) is 0 Å². The number of hydrogen-bond donors (Lipinski definition) is 2. The summed E-state index contributed by atoms with van der Waals surface area (Å²) in [7, 11) is 1.77. The number of nitrogens with one attached hydrogen (secondary N) is 1. The van der Waals surface area contributed by atoms with E-state index >= 15 is 0 Å². The van der Waals surface area contributed by atoms with Gasteiger partial charge in [0.15, 0.2) is 0 Å². The summed E-state index contributed by atoms with van der Waals surface area (Å²) < 4.78 is 0. The third-order valence-electron chi connectivity index (χ3n) is 4.85. The zero-order valence-corrected chi connectivity index (χ0v) is 12.8. The number of aliphatic hydroxyl groups is 1. The molecule has 5 heteroatoms. The van der Waals surface area contributed by atoms with Crippen LogP contribution in [0.25, 0.3) is 0 Å². The van der Waals surface area contributed by atoms with E-state index in [9.17, 15) is 14.7 Å². The minimum absolute atomic E-state index is 0.169. The van der Waals surface area contributed by atoms with Gasteiger partial charge in [-0.1, -0.05) is 25.0 Å². The van der Waals surface area contributed by atoms with Gasteiger partial charge in [-0.2, -0.15) is 0 Å². The normalized spacial score (nSPS) is 21.3. The molecule has 2 unspecified atom stereocenters. The predicted octanol–water partition coefficient (Wildman–Crippen LogP) is 1.42. The smallest absolute Gasteiger partial charge is 0.261 e. The summed E-state index contributed by atoms with van der Waals surface area (Å²) in [6.45, 7) is 0.406. The lowest BCUT2D eigenvalue weighted by atomic mass is 9.93. The maximum atomic E-state index is 12.6. The van der Waals surface area contributed by atoms with Crippen LogP contribution in [0.4, 0.5) is 0 Å². The van der Waals surface area contributed by atoms with Crippen LogP contribution < -0.4 is 5.32 Å². The molecule has 2 N–H and O–H groups in total. The molecule has 1 saturated carbocycles. The number of nitrogens with zero attached hydrogens (tertiary/aromatic N) is 1. The molecule has 0 aromatic heterocycles. The van der Waals surface area contributed by atoms with Crippen LogP contribution in [-0.4, -0.2) is 47.6 Å². The van der Waals surface area contributed by atoms with Gasteiger partial charge in [0.05, 0.1) is 23.3 Å². The van der Waals surface area contributed by atoms with Crippen molar-refractivity contribution in [2.24, 2.45) is 5.92 Å². The lowest BCUT2D eigenvalue weighted by molar-refractivity contribution is 0.0155. The van der Waals surface area contributed by atoms with E-state index in [1.54, 1.807) is 31.3 Å². The molecule has 1 aliphatic carbocycles. The summed E-state index contributed by atoms with van der Waals surface area (Å²) >= 11 is 0. The second-order valence-electron chi connectivity index (χ2n) is 6.19. The fraction of sp³-hybridized carbons (Fsp3) is 0.529. The van der Waals surface area contributed by atoms with Gasteiger partial charge >= 0.3 is 0 Å². The van der Waals surface area contributed by atoms with Gasteiger partial charge < -0.3 is 10.4 Å². The number of fused-ring (bicyclic) bond motifs is 1. The van der Waals surface area contributed by atoms with Crippen LogP contribution in [0.1, 0.15) is 46.4 Å². The molecule has 3 rings (SSSR count). The van der Waals surface area contributed by atoms with Crippen LogP contribution in [-0.2, 0) is 0 Å². The fourth-order valence-electron chi connectivity index (χ4n) is 3.70. The van der Waals surface area contributed by atoms with Crippen molar-refractivity contribution in [3.63, 3.8) is 0 Å². The summed E-state index contributed by atoms with van der Waals surface area (Å²) in [5.74, 6) is -0.418. The first-order valence-electron chi connectivity index (χ1n) is 7.94. The molecule has 22 heavy (non-hydrogen) atoms. The SMILES string of the molecule is CNCC(C(O)C1CCCC1)N1C(=O)c2ccccc2C1=O. The molecule has 0 spiro atoms. The topological polar surface area (TPSA) is 69.6 Å². The molecular weight excluding hydrogens is 280 g/mol. The molecule has 5 nitrogen and oxygen atoms in total. The van der Waals surface area contributed by atoms with E-state index in [0.29, 0.717) is 17.7 Å². The Balaban J connectivity index is 1.89. The fourth-order valence-corrected chi connectivity index (χ4v) is 3.70. The number of aliphatic hydroxyl groups excluding tert-OH is 1.